The van der Waals surface area contributed by atoms with Gasteiger partial charge in [-0.1, -0.05) is 48.0 Å². The SMILES string of the molecule is Cc1cccc2cnn(CCC(=O)NCc3ccccc3Cl)c12. The molecule has 0 unspecified atom stereocenters. The number of amides is 1. The van der Waals surface area contributed by atoms with Gasteiger partial charge in [-0.2, -0.15) is 5.10 Å². The number of hydrogen-bond acceptors (Lipinski definition) is 2. The lowest BCUT2D eigenvalue weighted by atomic mass is 10.2. The highest BCUT2D eigenvalue weighted by Gasteiger charge is 2.08. The first kappa shape index (κ1) is 15.6. The van der Waals surface area contributed by atoms with Gasteiger partial charge in [-0.05, 0) is 24.1 Å². The Morgan fingerprint density at radius 2 is 2.04 bits per heavy atom. The van der Waals surface area contributed by atoms with Crippen LogP contribution in [0, 0.1) is 6.92 Å². The highest BCUT2D eigenvalue weighted by Crippen LogP contribution is 2.18. The molecule has 1 heterocycles. The van der Waals surface area contributed by atoms with Crippen LogP contribution in [0.15, 0.2) is 48.7 Å². The van der Waals surface area contributed by atoms with E-state index < -0.39 is 0 Å². The summed E-state index contributed by atoms with van der Waals surface area (Å²) in [5, 5.41) is 9.04. The average molecular weight is 328 g/mol. The first-order valence-electron chi connectivity index (χ1n) is 7.56. The first-order chi connectivity index (χ1) is 11.1. The molecule has 2 aromatic carbocycles. The summed E-state index contributed by atoms with van der Waals surface area (Å²) in [6.45, 7) is 3.05. The fourth-order valence-corrected chi connectivity index (χ4v) is 2.83. The maximum atomic E-state index is 12.0. The Morgan fingerprint density at radius 3 is 2.87 bits per heavy atom. The minimum Gasteiger partial charge on any atom is -0.352 e. The summed E-state index contributed by atoms with van der Waals surface area (Å²) < 4.78 is 1.89. The van der Waals surface area contributed by atoms with E-state index in [1.165, 1.54) is 0 Å². The zero-order valence-corrected chi connectivity index (χ0v) is 13.7. The van der Waals surface area contributed by atoms with Crippen LogP contribution < -0.4 is 5.32 Å². The number of benzene rings is 2. The van der Waals surface area contributed by atoms with Gasteiger partial charge in [0.2, 0.25) is 5.91 Å². The molecule has 0 fully saturated rings. The monoisotopic (exact) mass is 327 g/mol. The predicted molar refractivity (Wildman–Crippen MR) is 92.4 cm³/mol. The number of rotatable bonds is 5. The molecule has 0 bridgehead atoms. The maximum absolute atomic E-state index is 12.0. The van der Waals surface area contributed by atoms with Crippen molar-refractivity contribution >= 4 is 28.4 Å². The Kier molecular flexibility index (Phi) is 4.63. The minimum atomic E-state index is -0.0119. The van der Waals surface area contributed by atoms with E-state index in [0.717, 1.165) is 22.0 Å². The van der Waals surface area contributed by atoms with E-state index in [1.54, 1.807) is 0 Å². The number of carbonyl (C=O) groups excluding carboxylic acids is 1. The molecule has 0 aliphatic carbocycles. The van der Waals surface area contributed by atoms with Crippen molar-refractivity contribution in [1.82, 2.24) is 15.1 Å². The number of nitrogens with zero attached hydrogens (tertiary/aromatic N) is 2. The number of carbonyl (C=O) groups is 1. The smallest absolute Gasteiger partial charge is 0.222 e. The second-order valence-electron chi connectivity index (χ2n) is 5.50. The van der Waals surface area contributed by atoms with Crippen molar-refractivity contribution in [3.63, 3.8) is 0 Å². The summed E-state index contributed by atoms with van der Waals surface area (Å²) in [7, 11) is 0. The number of nitrogens with one attached hydrogen (secondary N) is 1. The molecule has 0 radical (unpaired) electrons. The fourth-order valence-electron chi connectivity index (χ4n) is 2.63. The summed E-state index contributed by atoms with van der Waals surface area (Å²) in [6.07, 6.45) is 2.22. The van der Waals surface area contributed by atoms with Crippen LogP contribution in [0.25, 0.3) is 10.9 Å². The number of aromatic nitrogens is 2. The largest absolute Gasteiger partial charge is 0.352 e. The van der Waals surface area contributed by atoms with E-state index in [4.69, 9.17) is 11.6 Å². The van der Waals surface area contributed by atoms with Gasteiger partial charge in [0, 0.05) is 23.4 Å². The van der Waals surface area contributed by atoms with E-state index in [2.05, 4.69) is 23.4 Å². The molecule has 1 N–H and O–H groups in total. The molecule has 1 aromatic heterocycles. The number of hydrogen-bond donors (Lipinski definition) is 1. The van der Waals surface area contributed by atoms with Crippen LogP contribution in [0.5, 0.6) is 0 Å². The van der Waals surface area contributed by atoms with E-state index in [0.29, 0.717) is 24.5 Å². The number of halogens is 1. The second-order valence-corrected chi connectivity index (χ2v) is 5.91. The Hall–Kier alpha value is -2.33. The lowest BCUT2D eigenvalue weighted by Crippen LogP contribution is -2.24. The van der Waals surface area contributed by atoms with Crippen molar-refractivity contribution in [3.05, 3.63) is 64.8 Å². The van der Waals surface area contributed by atoms with Gasteiger partial charge in [0.1, 0.15) is 0 Å². The Balaban J connectivity index is 1.59. The van der Waals surface area contributed by atoms with Crippen LogP contribution in [0.3, 0.4) is 0 Å². The number of aryl methyl sites for hydroxylation is 2. The van der Waals surface area contributed by atoms with Crippen molar-refractivity contribution in [1.29, 1.82) is 0 Å². The molecule has 0 aliphatic heterocycles. The summed E-state index contributed by atoms with van der Waals surface area (Å²) >= 11 is 6.08. The minimum absolute atomic E-state index is 0.0119. The molecule has 5 heteroatoms. The molecule has 0 atom stereocenters. The van der Waals surface area contributed by atoms with E-state index in [1.807, 2.05) is 47.3 Å². The average Bonchev–Trinajstić information content (AvgIpc) is 2.97. The molecule has 1 amide bonds. The molecule has 3 rings (SSSR count). The van der Waals surface area contributed by atoms with Crippen molar-refractivity contribution in [2.75, 3.05) is 0 Å². The van der Waals surface area contributed by atoms with Gasteiger partial charge in [0.15, 0.2) is 0 Å². The van der Waals surface area contributed by atoms with Crippen LogP contribution in [-0.4, -0.2) is 15.7 Å². The zero-order valence-electron chi connectivity index (χ0n) is 12.9. The van der Waals surface area contributed by atoms with Gasteiger partial charge >= 0.3 is 0 Å². The molecule has 4 nitrogen and oxygen atoms in total. The van der Waals surface area contributed by atoms with Gasteiger partial charge in [0.25, 0.3) is 0 Å². The Morgan fingerprint density at radius 1 is 1.22 bits per heavy atom. The van der Waals surface area contributed by atoms with Crippen molar-refractivity contribution in [3.8, 4) is 0 Å². The van der Waals surface area contributed by atoms with Crippen LogP contribution >= 0.6 is 11.6 Å². The highest BCUT2D eigenvalue weighted by atomic mass is 35.5. The third-order valence-electron chi connectivity index (χ3n) is 3.85. The fraction of sp³-hybridized carbons (Fsp3) is 0.222. The molecular formula is C18H18ClN3O. The zero-order chi connectivity index (χ0) is 16.2. The van der Waals surface area contributed by atoms with Crippen molar-refractivity contribution in [2.45, 2.75) is 26.4 Å². The highest BCUT2D eigenvalue weighted by molar-refractivity contribution is 6.31. The standard InChI is InChI=1S/C18H18ClN3O/c1-13-5-4-7-15-12-21-22(18(13)15)10-9-17(23)20-11-14-6-2-3-8-16(14)19/h2-8,12H,9-11H2,1H3,(H,20,23). The summed E-state index contributed by atoms with van der Waals surface area (Å²) in [5.41, 5.74) is 3.17. The normalized spacial score (nSPS) is 10.9. The molecule has 0 aliphatic rings. The summed E-state index contributed by atoms with van der Waals surface area (Å²) in [6, 6.07) is 13.6. The first-order valence-corrected chi connectivity index (χ1v) is 7.94. The van der Waals surface area contributed by atoms with E-state index in [9.17, 15) is 4.79 Å². The van der Waals surface area contributed by atoms with Gasteiger partial charge in [-0.25, -0.2) is 0 Å². The quantitative estimate of drug-likeness (QED) is 0.776. The lowest BCUT2D eigenvalue weighted by molar-refractivity contribution is -0.121. The van der Waals surface area contributed by atoms with E-state index in [-0.39, 0.29) is 5.91 Å². The molecule has 0 saturated carbocycles. The van der Waals surface area contributed by atoms with Gasteiger partial charge in [0.05, 0.1) is 18.3 Å². The van der Waals surface area contributed by atoms with Crippen LogP contribution in [0.1, 0.15) is 17.5 Å². The van der Waals surface area contributed by atoms with Gasteiger partial charge in [-0.3, -0.25) is 9.48 Å². The molecular weight excluding hydrogens is 310 g/mol. The summed E-state index contributed by atoms with van der Waals surface area (Å²) in [4.78, 5) is 12.0. The number of fused-ring (bicyclic) bond motifs is 1. The van der Waals surface area contributed by atoms with Gasteiger partial charge < -0.3 is 5.32 Å². The Bertz CT molecular complexity index is 841. The maximum Gasteiger partial charge on any atom is 0.222 e. The van der Waals surface area contributed by atoms with Crippen LogP contribution in [0.2, 0.25) is 5.02 Å². The molecule has 0 spiro atoms. The van der Waals surface area contributed by atoms with Crippen molar-refractivity contribution in [2.24, 2.45) is 0 Å². The summed E-state index contributed by atoms with van der Waals surface area (Å²) in [5.74, 6) is -0.0119. The third kappa shape index (κ3) is 3.54. The third-order valence-corrected chi connectivity index (χ3v) is 4.22. The topological polar surface area (TPSA) is 46.9 Å². The van der Waals surface area contributed by atoms with Crippen molar-refractivity contribution < 1.29 is 4.79 Å². The molecule has 3 aromatic rings. The number of para-hydroxylation sites is 1. The molecule has 0 saturated heterocycles. The molecule has 23 heavy (non-hydrogen) atoms. The second kappa shape index (κ2) is 6.84. The van der Waals surface area contributed by atoms with Crippen LogP contribution in [-0.2, 0) is 17.9 Å². The van der Waals surface area contributed by atoms with Gasteiger partial charge in [-0.15, -0.1) is 0 Å². The predicted octanol–water partition coefficient (Wildman–Crippen LogP) is 3.70. The lowest BCUT2D eigenvalue weighted by Gasteiger charge is -2.08. The van der Waals surface area contributed by atoms with E-state index >= 15 is 0 Å². The Labute approximate surface area is 140 Å². The van der Waals surface area contributed by atoms with Crippen LogP contribution in [0.4, 0.5) is 0 Å². The molecule has 118 valence electrons.